The standard InChI is InChI=1S/C60H37N3O/c1-3-13-38(14-4-1)44-29-31-54-50(35-44)51-36-45(39-15-5-2-6-16-39)30-32-55(51)63(54)56-23-11-21-48-58-49(22-12-24-57(58)64-59(48)56)60-61-52(46-27-25-40-17-7-9-19-42(40)33-46)37-53(62-60)47-28-26-41-18-8-10-20-43(41)34-47/h1-37H. The zero-order chi connectivity index (χ0) is 42.1. The van der Waals surface area contributed by atoms with E-state index in [0.29, 0.717) is 5.82 Å². The van der Waals surface area contributed by atoms with E-state index in [-0.39, 0.29) is 0 Å². The van der Waals surface area contributed by atoms with Gasteiger partial charge in [0.25, 0.3) is 0 Å². The van der Waals surface area contributed by atoms with E-state index in [1.807, 2.05) is 0 Å². The summed E-state index contributed by atoms with van der Waals surface area (Å²) in [7, 11) is 0. The summed E-state index contributed by atoms with van der Waals surface area (Å²) >= 11 is 0. The summed E-state index contributed by atoms with van der Waals surface area (Å²) in [5.74, 6) is 0.645. The molecule has 0 atom stereocenters. The highest BCUT2D eigenvalue weighted by Crippen LogP contribution is 2.43. The van der Waals surface area contributed by atoms with Crippen LogP contribution >= 0.6 is 0 Å². The number of furan rings is 1. The Morgan fingerprint density at radius 2 is 0.859 bits per heavy atom. The van der Waals surface area contributed by atoms with Gasteiger partial charge in [0.1, 0.15) is 5.58 Å². The van der Waals surface area contributed by atoms with Crippen molar-refractivity contribution in [3.63, 3.8) is 0 Å². The summed E-state index contributed by atoms with van der Waals surface area (Å²) in [6.45, 7) is 0. The van der Waals surface area contributed by atoms with E-state index in [2.05, 4.69) is 229 Å². The van der Waals surface area contributed by atoms with Crippen molar-refractivity contribution in [1.82, 2.24) is 14.5 Å². The highest BCUT2D eigenvalue weighted by Gasteiger charge is 2.22. The molecule has 13 aromatic rings. The van der Waals surface area contributed by atoms with Crippen LogP contribution in [0.2, 0.25) is 0 Å². The second kappa shape index (κ2) is 14.5. The van der Waals surface area contributed by atoms with E-state index in [4.69, 9.17) is 14.4 Å². The van der Waals surface area contributed by atoms with Crippen LogP contribution in [0, 0.1) is 0 Å². The zero-order valence-corrected chi connectivity index (χ0v) is 34.6. The lowest BCUT2D eigenvalue weighted by atomic mass is 10.0. The van der Waals surface area contributed by atoms with Crippen molar-refractivity contribution in [2.45, 2.75) is 0 Å². The highest BCUT2D eigenvalue weighted by molar-refractivity contribution is 6.16. The van der Waals surface area contributed by atoms with Gasteiger partial charge in [-0.2, -0.15) is 0 Å². The molecule has 0 bridgehead atoms. The Balaban J connectivity index is 1.03. The molecule has 0 unspecified atom stereocenters. The quantitative estimate of drug-likeness (QED) is 0.168. The van der Waals surface area contributed by atoms with Crippen molar-refractivity contribution in [1.29, 1.82) is 0 Å². The van der Waals surface area contributed by atoms with Crippen LogP contribution in [0.4, 0.5) is 0 Å². The number of aromatic nitrogens is 3. The predicted octanol–water partition coefficient (Wildman–Crippen LogP) is 16.1. The topological polar surface area (TPSA) is 43.9 Å². The zero-order valence-electron chi connectivity index (χ0n) is 34.6. The van der Waals surface area contributed by atoms with Gasteiger partial charge >= 0.3 is 0 Å². The first-order valence-corrected chi connectivity index (χ1v) is 21.7. The van der Waals surface area contributed by atoms with Crippen LogP contribution < -0.4 is 0 Å². The molecule has 64 heavy (non-hydrogen) atoms. The first-order valence-electron chi connectivity index (χ1n) is 21.7. The Morgan fingerprint density at radius 3 is 1.44 bits per heavy atom. The molecule has 0 spiro atoms. The minimum absolute atomic E-state index is 0.645. The minimum Gasteiger partial charge on any atom is -0.454 e. The lowest BCUT2D eigenvalue weighted by Gasteiger charge is -2.11. The van der Waals surface area contributed by atoms with Gasteiger partial charge in [-0.05, 0) is 98.4 Å². The predicted molar refractivity (Wildman–Crippen MR) is 266 cm³/mol. The van der Waals surface area contributed by atoms with Gasteiger partial charge in [0.15, 0.2) is 11.4 Å². The minimum atomic E-state index is 0.645. The van der Waals surface area contributed by atoms with Gasteiger partial charge in [-0.1, -0.05) is 170 Å². The number of rotatable bonds is 6. The molecule has 0 aliphatic heterocycles. The Morgan fingerprint density at radius 1 is 0.344 bits per heavy atom. The molecule has 13 rings (SSSR count). The van der Waals surface area contributed by atoms with Crippen LogP contribution in [0.1, 0.15) is 0 Å². The van der Waals surface area contributed by atoms with Gasteiger partial charge in [-0.15, -0.1) is 0 Å². The van der Waals surface area contributed by atoms with Crippen molar-refractivity contribution >= 4 is 65.3 Å². The Kier molecular flexibility index (Phi) is 8.18. The summed E-state index contributed by atoms with van der Waals surface area (Å²) in [5, 5.41) is 9.08. The number of hydrogen-bond donors (Lipinski definition) is 0. The van der Waals surface area contributed by atoms with Crippen molar-refractivity contribution in [3.05, 3.63) is 224 Å². The molecule has 0 aliphatic rings. The lowest BCUT2D eigenvalue weighted by molar-refractivity contribution is 0.666. The second-order valence-electron chi connectivity index (χ2n) is 16.6. The van der Waals surface area contributed by atoms with Crippen LogP contribution in [0.5, 0.6) is 0 Å². The van der Waals surface area contributed by atoms with Crippen LogP contribution in [0.15, 0.2) is 229 Å². The van der Waals surface area contributed by atoms with E-state index >= 15 is 0 Å². The van der Waals surface area contributed by atoms with Crippen LogP contribution in [-0.4, -0.2) is 14.5 Å². The summed E-state index contributed by atoms with van der Waals surface area (Å²) in [6, 6.07) is 79.8. The Hall–Kier alpha value is -8.60. The monoisotopic (exact) mass is 815 g/mol. The van der Waals surface area contributed by atoms with Gasteiger partial charge in [-0.25, -0.2) is 9.97 Å². The van der Waals surface area contributed by atoms with E-state index in [0.717, 1.165) is 66.7 Å². The molecule has 0 aliphatic carbocycles. The first-order chi connectivity index (χ1) is 31.7. The van der Waals surface area contributed by atoms with Crippen LogP contribution in [0.25, 0.3) is 127 Å². The maximum Gasteiger partial charge on any atom is 0.161 e. The average molecular weight is 816 g/mol. The number of para-hydroxylation sites is 1. The fourth-order valence-electron chi connectivity index (χ4n) is 9.66. The fourth-order valence-corrected chi connectivity index (χ4v) is 9.66. The maximum absolute atomic E-state index is 7.00. The normalized spacial score (nSPS) is 11.8. The molecule has 10 aromatic carbocycles. The summed E-state index contributed by atoms with van der Waals surface area (Å²) in [6.07, 6.45) is 0. The van der Waals surface area contributed by atoms with E-state index in [9.17, 15) is 0 Å². The molecule has 4 heteroatoms. The fraction of sp³-hybridized carbons (Fsp3) is 0. The number of hydrogen-bond acceptors (Lipinski definition) is 3. The first kappa shape index (κ1) is 36.1. The van der Waals surface area contributed by atoms with Crippen molar-refractivity contribution in [2.75, 3.05) is 0 Å². The molecule has 0 amide bonds. The molecule has 298 valence electrons. The molecule has 3 aromatic heterocycles. The number of fused-ring (bicyclic) bond motifs is 8. The molecular formula is C60H37N3O. The molecule has 0 saturated heterocycles. The van der Waals surface area contributed by atoms with Crippen LogP contribution in [-0.2, 0) is 0 Å². The smallest absolute Gasteiger partial charge is 0.161 e. The second-order valence-corrected chi connectivity index (χ2v) is 16.6. The van der Waals surface area contributed by atoms with E-state index in [1.165, 1.54) is 54.6 Å². The SMILES string of the molecule is c1ccc(-c2ccc3c(c2)c2cc(-c4ccccc4)ccc2n3-c2cccc3c2oc2cccc(-c4nc(-c5ccc6ccccc6c5)cc(-c5ccc6ccccc6c5)n4)c23)cc1. The largest absolute Gasteiger partial charge is 0.454 e. The molecule has 0 N–H and O–H groups in total. The molecular weight excluding hydrogens is 779 g/mol. The summed E-state index contributed by atoms with van der Waals surface area (Å²) < 4.78 is 9.37. The van der Waals surface area contributed by atoms with Crippen molar-refractivity contribution in [3.8, 4) is 61.8 Å². The third-order valence-corrected chi connectivity index (χ3v) is 12.8. The maximum atomic E-state index is 7.00. The average Bonchev–Trinajstić information content (AvgIpc) is 3.92. The van der Waals surface area contributed by atoms with Crippen LogP contribution in [0.3, 0.4) is 0 Å². The number of nitrogens with zero attached hydrogens (tertiary/aromatic N) is 3. The summed E-state index contributed by atoms with van der Waals surface area (Å²) in [5.41, 5.74) is 14.2. The van der Waals surface area contributed by atoms with E-state index in [1.54, 1.807) is 0 Å². The van der Waals surface area contributed by atoms with Gasteiger partial charge in [-0.3, -0.25) is 0 Å². The Bertz CT molecular complexity index is 3760. The molecule has 4 nitrogen and oxygen atoms in total. The molecule has 0 fully saturated rings. The molecule has 0 radical (unpaired) electrons. The van der Waals surface area contributed by atoms with Crippen molar-refractivity contribution < 1.29 is 4.42 Å². The van der Waals surface area contributed by atoms with E-state index < -0.39 is 0 Å². The van der Waals surface area contributed by atoms with Crippen molar-refractivity contribution in [2.24, 2.45) is 0 Å². The van der Waals surface area contributed by atoms with Gasteiger partial charge in [0.05, 0.1) is 28.1 Å². The third kappa shape index (κ3) is 5.92. The highest BCUT2D eigenvalue weighted by atomic mass is 16.3. The molecule has 0 saturated carbocycles. The van der Waals surface area contributed by atoms with Gasteiger partial charge in [0.2, 0.25) is 0 Å². The lowest BCUT2D eigenvalue weighted by Crippen LogP contribution is -1.97. The third-order valence-electron chi connectivity index (χ3n) is 12.8. The van der Waals surface area contributed by atoms with Gasteiger partial charge in [0, 0.05) is 38.2 Å². The molecule has 3 heterocycles. The summed E-state index contributed by atoms with van der Waals surface area (Å²) in [4.78, 5) is 10.7. The Labute approximate surface area is 369 Å². The van der Waals surface area contributed by atoms with Gasteiger partial charge < -0.3 is 8.98 Å². The number of benzene rings is 10.